The van der Waals surface area contributed by atoms with Gasteiger partial charge in [0.1, 0.15) is 5.82 Å². The summed E-state index contributed by atoms with van der Waals surface area (Å²) in [5.41, 5.74) is 5.45. The van der Waals surface area contributed by atoms with Gasteiger partial charge in [-0.15, -0.1) is 0 Å². The molecule has 2 unspecified atom stereocenters. The molecule has 0 aliphatic carbocycles. The number of carbonyl (C=O) groups is 1. The molecule has 0 saturated carbocycles. The number of benzene rings is 1. The Morgan fingerprint density at radius 2 is 2.11 bits per heavy atom. The summed E-state index contributed by atoms with van der Waals surface area (Å²) in [5.74, 6) is -2.32. The van der Waals surface area contributed by atoms with Crippen LogP contribution in [0.4, 0.5) is 14.5 Å². The molecule has 3 nitrogen and oxygen atoms in total. The Bertz CT molecular complexity index is 431. The summed E-state index contributed by atoms with van der Waals surface area (Å²) in [4.78, 5) is 11.7. The van der Waals surface area contributed by atoms with Gasteiger partial charge in [0.25, 0.3) is 0 Å². The second-order valence-electron chi connectivity index (χ2n) is 4.15. The zero-order valence-electron chi connectivity index (χ0n) is 10.1. The summed E-state index contributed by atoms with van der Waals surface area (Å²) in [6.07, 6.45) is 0.716. The number of anilines is 1. The summed E-state index contributed by atoms with van der Waals surface area (Å²) >= 11 is 5.66. The first-order chi connectivity index (χ1) is 8.36. The van der Waals surface area contributed by atoms with Crippen LogP contribution in [0.3, 0.4) is 0 Å². The highest BCUT2D eigenvalue weighted by Gasteiger charge is 2.21. The smallest absolute Gasteiger partial charge is 0.241 e. The van der Waals surface area contributed by atoms with Crippen molar-refractivity contribution in [1.29, 1.82) is 0 Å². The lowest BCUT2D eigenvalue weighted by molar-refractivity contribution is -0.118. The summed E-state index contributed by atoms with van der Waals surface area (Å²) in [6.45, 7) is 3.70. The molecule has 18 heavy (non-hydrogen) atoms. The third-order valence-corrected chi connectivity index (χ3v) is 3.11. The van der Waals surface area contributed by atoms with E-state index in [0.717, 1.165) is 6.07 Å². The first-order valence-electron chi connectivity index (χ1n) is 5.57. The molecule has 3 N–H and O–H groups in total. The van der Waals surface area contributed by atoms with Gasteiger partial charge in [0, 0.05) is 6.07 Å². The van der Waals surface area contributed by atoms with Crippen LogP contribution in [-0.2, 0) is 4.79 Å². The van der Waals surface area contributed by atoms with Gasteiger partial charge < -0.3 is 11.1 Å². The van der Waals surface area contributed by atoms with Gasteiger partial charge in [0.05, 0.1) is 16.8 Å². The van der Waals surface area contributed by atoms with Gasteiger partial charge in [-0.1, -0.05) is 31.9 Å². The van der Waals surface area contributed by atoms with Gasteiger partial charge >= 0.3 is 0 Å². The molecule has 1 rings (SSSR count). The van der Waals surface area contributed by atoms with Crippen LogP contribution in [0, 0.1) is 17.6 Å². The van der Waals surface area contributed by atoms with Crippen molar-refractivity contribution < 1.29 is 13.6 Å². The molecule has 0 aliphatic rings. The molecular formula is C12H15ClF2N2O. The summed E-state index contributed by atoms with van der Waals surface area (Å²) in [6, 6.07) is 0.807. The lowest BCUT2D eigenvalue weighted by Gasteiger charge is -2.18. The fraction of sp³-hybridized carbons (Fsp3) is 0.417. The van der Waals surface area contributed by atoms with Crippen molar-refractivity contribution in [3.05, 3.63) is 28.8 Å². The van der Waals surface area contributed by atoms with Crippen molar-refractivity contribution in [2.45, 2.75) is 26.3 Å². The first kappa shape index (κ1) is 14.9. The van der Waals surface area contributed by atoms with Gasteiger partial charge in [-0.05, 0) is 12.0 Å². The van der Waals surface area contributed by atoms with Crippen molar-refractivity contribution in [3.63, 3.8) is 0 Å². The van der Waals surface area contributed by atoms with Crippen LogP contribution in [0.5, 0.6) is 0 Å². The standard InChI is InChI=1S/C12H15ClF2N2O/c1-3-6(2)10(16)12(18)17-11-8(13)4-7(14)5-9(11)15/h4-6,10H,3,16H2,1-2H3,(H,17,18). The Morgan fingerprint density at radius 3 is 2.61 bits per heavy atom. The Kier molecular flexibility index (Phi) is 5.04. The Hall–Kier alpha value is -1.20. The molecule has 1 amide bonds. The Morgan fingerprint density at radius 1 is 1.50 bits per heavy atom. The molecule has 2 atom stereocenters. The Labute approximate surface area is 109 Å². The second kappa shape index (κ2) is 6.11. The van der Waals surface area contributed by atoms with Crippen LogP contribution in [0.15, 0.2) is 12.1 Å². The van der Waals surface area contributed by atoms with Crippen molar-refractivity contribution in [2.75, 3.05) is 5.32 Å². The van der Waals surface area contributed by atoms with Crippen LogP contribution in [-0.4, -0.2) is 11.9 Å². The van der Waals surface area contributed by atoms with Crippen molar-refractivity contribution in [3.8, 4) is 0 Å². The van der Waals surface area contributed by atoms with Crippen LogP contribution >= 0.6 is 11.6 Å². The van der Waals surface area contributed by atoms with E-state index in [2.05, 4.69) is 5.32 Å². The number of carbonyl (C=O) groups excluding carboxylic acids is 1. The quantitative estimate of drug-likeness (QED) is 0.888. The lowest BCUT2D eigenvalue weighted by atomic mass is 9.99. The average molecular weight is 277 g/mol. The SMILES string of the molecule is CCC(C)C(N)C(=O)Nc1c(F)cc(F)cc1Cl. The van der Waals surface area contributed by atoms with E-state index in [1.807, 2.05) is 13.8 Å². The minimum absolute atomic E-state index is 0.0488. The zero-order chi connectivity index (χ0) is 13.9. The highest BCUT2D eigenvalue weighted by molar-refractivity contribution is 6.33. The maximum Gasteiger partial charge on any atom is 0.241 e. The predicted molar refractivity (Wildman–Crippen MR) is 67.4 cm³/mol. The fourth-order valence-electron chi connectivity index (χ4n) is 1.38. The molecule has 0 fully saturated rings. The lowest BCUT2D eigenvalue weighted by Crippen LogP contribution is -2.40. The van der Waals surface area contributed by atoms with E-state index < -0.39 is 23.6 Å². The number of nitrogens with one attached hydrogen (secondary N) is 1. The third kappa shape index (κ3) is 3.40. The van der Waals surface area contributed by atoms with Gasteiger partial charge in [-0.2, -0.15) is 0 Å². The van der Waals surface area contributed by atoms with E-state index in [-0.39, 0.29) is 16.6 Å². The van der Waals surface area contributed by atoms with E-state index in [1.165, 1.54) is 0 Å². The van der Waals surface area contributed by atoms with Gasteiger partial charge in [0.2, 0.25) is 5.91 Å². The van der Waals surface area contributed by atoms with Gasteiger partial charge in [0.15, 0.2) is 5.82 Å². The summed E-state index contributed by atoms with van der Waals surface area (Å²) in [5, 5.41) is 2.09. The van der Waals surface area contributed by atoms with E-state index in [1.54, 1.807) is 0 Å². The highest BCUT2D eigenvalue weighted by atomic mass is 35.5. The first-order valence-corrected chi connectivity index (χ1v) is 5.95. The molecule has 0 heterocycles. The Balaban J connectivity index is 2.89. The fourth-order valence-corrected chi connectivity index (χ4v) is 1.62. The topological polar surface area (TPSA) is 55.1 Å². The number of nitrogens with two attached hydrogens (primary N) is 1. The molecule has 1 aromatic rings. The van der Waals surface area contributed by atoms with E-state index in [9.17, 15) is 13.6 Å². The molecule has 100 valence electrons. The highest BCUT2D eigenvalue weighted by Crippen LogP contribution is 2.26. The van der Waals surface area contributed by atoms with E-state index in [0.29, 0.717) is 12.5 Å². The van der Waals surface area contributed by atoms with Gasteiger partial charge in [-0.3, -0.25) is 4.79 Å². The minimum Gasteiger partial charge on any atom is -0.321 e. The molecule has 6 heteroatoms. The van der Waals surface area contributed by atoms with E-state index >= 15 is 0 Å². The molecule has 1 aromatic carbocycles. The van der Waals surface area contributed by atoms with Gasteiger partial charge in [-0.25, -0.2) is 8.78 Å². The van der Waals surface area contributed by atoms with Crippen LogP contribution in [0.1, 0.15) is 20.3 Å². The molecular weight excluding hydrogens is 262 g/mol. The van der Waals surface area contributed by atoms with Crippen molar-refractivity contribution in [2.24, 2.45) is 11.7 Å². The van der Waals surface area contributed by atoms with Crippen LogP contribution in [0.2, 0.25) is 5.02 Å². The van der Waals surface area contributed by atoms with Crippen molar-refractivity contribution in [1.82, 2.24) is 0 Å². The van der Waals surface area contributed by atoms with Crippen LogP contribution < -0.4 is 11.1 Å². The van der Waals surface area contributed by atoms with Crippen LogP contribution in [0.25, 0.3) is 0 Å². The van der Waals surface area contributed by atoms with E-state index in [4.69, 9.17) is 17.3 Å². The number of halogens is 3. The molecule has 0 aliphatic heterocycles. The largest absolute Gasteiger partial charge is 0.321 e. The normalized spacial score (nSPS) is 14.1. The second-order valence-corrected chi connectivity index (χ2v) is 4.55. The number of amides is 1. The predicted octanol–water partition coefficient (Wildman–Crippen LogP) is 2.93. The zero-order valence-corrected chi connectivity index (χ0v) is 10.9. The number of hydrogen-bond acceptors (Lipinski definition) is 2. The molecule has 0 aromatic heterocycles. The summed E-state index contributed by atoms with van der Waals surface area (Å²) in [7, 11) is 0. The van der Waals surface area contributed by atoms with Crippen molar-refractivity contribution >= 4 is 23.2 Å². The number of rotatable bonds is 4. The maximum absolute atomic E-state index is 13.4. The molecule has 0 radical (unpaired) electrons. The number of hydrogen-bond donors (Lipinski definition) is 2. The monoisotopic (exact) mass is 276 g/mol. The molecule has 0 bridgehead atoms. The summed E-state index contributed by atoms with van der Waals surface area (Å²) < 4.78 is 26.3. The molecule has 0 saturated heterocycles. The third-order valence-electron chi connectivity index (χ3n) is 2.81. The average Bonchev–Trinajstić information content (AvgIpc) is 2.31. The molecule has 0 spiro atoms. The minimum atomic E-state index is -0.926. The maximum atomic E-state index is 13.4.